The Hall–Kier alpha value is -3.30. The van der Waals surface area contributed by atoms with Gasteiger partial charge in [-0.2, -0.15) is 5.26 Å². The van der Waals surface area contributed by atoms with Crippen LogP contribution in [0.2, 0.25) is 0 Å². The molecule has 31 heavy (non-hydrogen) atoms. The van der Waals surface area contributed by atoms with Gasteiger partial charge in [0, 0.05) is 37.1 Å². The number of carbonyl (C=O) groups is 1. The van der Waals surface area contributed by atoms with Gasteiger partial charge in [-0.15, -0.1) is 0 Å². The molecule has 1 fully saturated rings. The van der Waals surface area contributed by atoms with Crippen molar-refractivity contribution >= 4 is 16.8 Å². The van der Waals surface area contributed by atoms with Crippen molar-refractivity contribution in [3.8, 4) is 23.1 Å². The number of ether oxygens (including phenoxy) is 1. The molecule has 0 N–H and O–H groups in total. The van der Waals surface area contributed by atoms with E-state index in [-0.39, 0.29) is 5.91 Å². The largest absolute Gasteiger partial charge is 0.497 e. The summed E-state index contributed by atoms with van der Waals surface area (Å²) in [6.07, 6.45) is 0.992. The summed E-state index contributed by atoms with van der Waals surface area (Å²) in [7, 11) is 3.72. The topological polar surface area (TPSA) is 61.5 Å². The summed E-state index contributed by atoms with van der Waals surface area (Å²) in [5.74, 6) is 0.802. The third-order valence-corrected chi connectivity index (χ3v) is 6.11. The number of aryl methyl sites for hydroxylation is 1. The summed E-state index contributed by atoms with van der Waals surface area (Å²) in [6, 6.07) is 15.9. The molecule has 0 bridgehead atoms. The number of hydrogen-bond acceptors (Lipinski definition) is 4. The molecule has 6 heteroatoms. The van der Waals surface area contributed by atoms with Crippen LogP contribution in [-0.2, 0) is 6.54 Å². The number of amides is 1. The molecule has 1 aromatic heterocycles. The van der Waals surface area contributed by atoms with Crippen molar-refractivity contribution in [1.82, 2.24) is 14.4 Å². The smallest absolute Gasteiger partial charge is 0.253 e. The molecule has 1 aliphatic heterocycles. The first-order chi connectivity index (χ1) is 15.1. The van der Waals surface area contributed by atoms with Gasteiger partial charge in [-0.25, -0.2) is 0 Å². The van der Waals surface area contributed by atoms with Gasteiger partial charge in [-0.3, -0.25) is 4.79 Å². The summed E-state index contributed by atoms with van der Waals surface area (Å²) in [6.45, 7) is 6.27. The van der Waals surface area contributed by atoms with Gasteiger partial charge in [0.25, 0.3) is 5.91 Å². The van der Waals surface area contributed by atoms with E-state index in [1.807, 2.05) is 47.4 Å². The summed E-state index contributed by atoms with van der Waals surface area (Å²) >= 11 is 0. The third kappa shape index (κ3) is 3.89. The minimum atomic E-state index is 0.0723. The highest BCUT2D eigenvalue weighted by molar-refractivity contribution is 5.97. The zero-order chi connectivity index (χ0) is 22.0. The van der Waals surface area contributed by atoms with Crippen molar-refractivity contribution in [2.75, 3.05) is 40.3 Å². The number of likely N-dealkylation sites (N-methyl/N-ethyl adjacent to an activating group) is 1. The molecule has 0 unspecified atom stereocenters. The number of nitriles is 1. The summed E-state index contributed by atoms with van der Waals surface area (Å²) in [4.78, 5) is 17.2. The number of rotatable bonds is 4. The quantitative estimate of drug-likeness (QED) is 0.645. The van der Waals surface area contributed by atoms with Crippen LogP contribution in [0.4, 0.5) is 0 Å². The van der Waals surface area contributed by atoms with E-state index in [4.69, 9.17) is 4.74 Å². The molecule has 160 valence electrons. The van der Waals surface area contributed by atoms with E-state index in [9.17, 15) is 10.1 Å². The fraction of sp³-hybridized carbons (Fsp3) is 0.360. The van der Waals surface area contributed by atoms with Gasteiger partial charge in [0.15, 0.2) is 0 Å². The molecule has 0 atom stereocenters. The van der Waals surface area contributed by atoms with Crippen molar-refractivity contribution in [2.45, 2.75) is 19.9 Å². The molecule has 2 heterocycles. The second-order valence-electron chi connectivity index (χ2n) is 7.99. The monoisotopic (exact) mass is 416 g/mol. The van der Waals surface area contributed by atoms with E-state index in [1.54, 1.807) is 7.11 Å². The second kappa shape index (κ2) is 8.83. The molecule has 3 aromatic rings. The first-order valence-corrected chi connectivity index (χ1v) is 10.8. The minimum Gasteiger partial charge on any atom is -0.497 e. The number of benzene rings is 2. The molecule has 0 spiro atoms. The van der Waals surface area contributed by atoms with E-state index in [0.717, 1.165) is 67.1 Å². The Morgan fingerprint density at radius 2 is 1.87 bits per heavy atom. The van der Waals surface area contributed by atoms with Gasteiger partial charge in [0.1, 0.15) is 11.8 Å². The molecular weight excluding hydrogens is 388 g/mol. The molecule has 1 amide bonds. The Labute approximate surface area is 183 Å². The lowest BCUT2D eigenvalue weighted by Crippen LogP contribution is -2.34. The van der Waals surface area contributed by atoms with E-state index in [1.165, 1.54) is 0 Å². The Kier molecular flexibility index (Phi) is 5.97. The van der Waals surface area contributed by atoms with E-state index >= 15 is 0 Å². The van der Waals surface area contributed by atoms with Crippen molar-refractivity contribution < 1.29 is 9.53 Å². The summed E-state index contributed by atoms with van der Waals surface area (Å²) in [5, 5.41) is 10.8. The van der Waals surface area contributed by atoms with Gasteiger partial charge in [-0.1, -0.05) is 12.1 Å². The second-order valence-corrected chi connectivity index (χ2v) is 7.99. The van der Waals surface area contributed by atoms with Crippen LogP contribution in [0.5, 0.6) is 5.75 Å². The van der Waals surface area contributed by atoms with Crippen LogP contribution in [0.15, 0.2) is 42.5 Å². The molecule has 2 aromatic carbocycles. The van der Waals surface area contributed by atoms with E-state index in [2.05, 4.69) is 29.5 Å². The van der Waals surface area contributed by atoms with Crippen molar-refractivity contribution in [2.24, 2.45) is 0 Å². The van der Waals surface area contributed by atoms with Crippen LogP contribution in [0.25, 0.3) is 22.2 Å². The third-order valence-electron chi connectivity index (χ3n) is 6.11. The van der Waals surface area contributed by atoms with Crippen LogP contribution in [0.1, 0.15) is 29.3 Å². The Bertz CT molecular complexity index is 1140. The molecular formula is C25H28N4O2. The summed E-state index contributed by atoms with van der Waals surface area (Å²) in [5.41, 5.74) is 4.13. The first kappa shape index (κ1) is 21.0. The van der Waals surface area contributed by atoms with Gasteiger partial charge in [0.2, 0.25) is 0 Å². The van der Waals surface area contributed by atoms with Gasteiger partial charge in [-0.05, 0) is 62.8 Å². The number of nitrogens with zero attached hydrogens (tertiary/aromatic N) is 4. The number of methoxy groups -OCH3 is 1. The molecule has 0 aliphatic carbocycles. The maximum absolute atomic E-state index is 13.0. The van der Waals surface area contributed by atoms with Crippen LogP contribution >= 0.6 is 0 Å². The molecule has 0 radical (unpaired) electrons. The predicted molar refractivity (Wildman–Crippen MR) is 122 cm³/mol. The SMILES string of the molecule is CCn1c(-c2ccc(C(=O)N3CCCN(C)CC3)cc2)c(C#N)c2cc(OC)ccc21. The maximum Gasteiger partial charge on any atom is 0.253 e. The van der Waals surface area contributed by atoms with Gasteiger partial charge in [0.05, 0.1) is 23.9 Å². The first-order valence-electron chi connectivity index (χ1n) is 10.8. The Morgan fingerprint density at radius 1 is 1.10 bits per heavy atom. The number of aromatic nitrogens is 1. The van der Waals surface area contributed by atoms with Crippen LogP contribution < -0.4 is 4.74 Å². The number of carbonyl (C=O) groups excluding carboxylic acids is 1. The van der Waals surface area contributed by atoms with Crippen molar-refractivity contribution in [1.29, 1.82) is 5.26 Å². The molecule has 6 nitrogen and oxygen atoms in total. The zero-order valence-electron chi connectivity index (χ0n) is 18.4. The fourth-order valence-electron chi connectivity index (χ4n) is 4.41. The van der Waals surface area contributed by atoms with Crippen LogP contribution in [0.3, 0.4) is 0 Å². The highest BCUT2D eigenvalue weighted by Crippen LogP contribution is 2.35. The molecule has 1 aliphatic rings. The molecule has 4 rings (SSSR count). The molecule has 1 saturated heterocycles. The predicted octanol–water partition coefficient (Wildman–Crippen LogP) is 3.99. The lowest BCUT2D eigenvalue weighted by Gasteiger charge is -2.20. The minimum absolute atomic E-state index is 0.0723. The summed E-state index contributed by atoms with van der Waals surface area (Å²) < 4.78 is 7.51. The number of hydrogen-bond donors (Lipinski definition) is 0. The van der Waals surface area contributed by atoms with Gasteiger partial charge < -0.3 is 19.1 Å². The normalized spacial score (nSPS) is 15.0. The lowest BCUT2D eigenvalue weighted by molar-refractivity contribution is 0.0763. The van der Waals surface area contributed by atoms with E-state index in [0.29, 0.717) is 11.1 Å². The maximum atomic E-state index is 13.0. The Morgan fingerprint density at radius 3 is 2.55 bits per heavy atom. The van der Waals surface area contributed by atoms with Crippen LogP contribution in [0, 0.1) is 11.3 Å². The fourth-order valence-corrected chi connectivity index (χ4v) is 4.41. The number of fused-ring (bicyclic) bond motifs is 1. The lowest BCUT2D eigenvalue weighted by atomic mass is 10.0. The highest BCUT2D eigenvalue weighted by atomic mass is 16.5. The highest BCUT2D eigenvalue weighted by Gasteiger charge is 2.21. The average Bonchev–Trinajstić information content (AvgIpc) is 2.96. The van der Waals surface area contributed by atoms with Gasteiger partial charge >= 0.3 is 0 Å². The van der Waals surface area contributed by atoms with Crippen molar-refractivity contribution in [3.63, 3.8) is 0 Å². The van der Waals surface area contributed by atoms with Crippen molar-refractivity contribution in [3.05, 3.63) is 53.6 Å². The Balaban J connectivity index is 1.71. The zero-order valence-corrected chi connectivity index (χ0v) is 18.4. The molecule has 0 saturated carbocycles. The standard InChI is InChI=1S/C25H28N4O2/c1-4-29-23-11-10-20(31-3)16-21(23)22(17-26)24(29)18-6-8-19(9-7-18)25(30)28-13-5-12-27(2)14-15-28/h6-11,16H,4-5,12-15H2,1-3H3. The van der Waals surface area contributed by atoms with Crippen LogP contribution in [-0.4, -0.2) is 60.6 Å². The van der Waals surface area contributed by atoms with E-state index < -0.39 is 0 Å². The average molecular weight is 417 g/mol.